The maximum atomic E-state index is 4.39. The van der Waals surface area contributed by atoms with E-state index >= 15 is 0 Å². The fourth-order valence-electron chi connectivity index (χ4n) is 2.05. The summed E-state index contributed by atoms with van der Waals surface area (Å²) in [4.78, 5) is 4.39. The topological polar surface area (TPSA) is 24.9 Å². The van der Waals surface area contributed by atoms with E-state index in [2.05, 4.69) is 36.3 Å². The minimum atomic E-state index is 0.00925. The van der Waals surface area contributed by atoms with E-state index in [-0.39, 0.29) is 5.54 Å². The van der Waals surface area contributed by atoms with Gasteiger partial charge in [0.25, 0.3) is 0 Å². The van der Waals surface area contributed by atoms with Crippen LogP contribution in [0.4, 0.5) is 0 Å². The average molecular weight is 236 g/mol. The molecule has 1 aromatic heterocycles. The van der Waals surface area contributed by atoms with Crippen LogP contribution in [0.5, 0.6) is 0 Å². The fourth-order valence-corrected chi connectivity index (χ4v) is 2.79. The minimum absolute atomic E-state index is 0.00925. The van der Waals surface area contributed by atoms with Gasteiger partial charge in [-0.1, -0.05) is 12.2 Å². The minimum Gasteiger partial charge on any atom is -0.306 e. The SMILES string of the molecule is CC(C)(NCC1CC=CCC1)c1nccs1. The second-order valence-electron chi connectivity index (χ2n) is 4.99. The molecule has 0 radical (unpaired) electrons. The van der Waals surface area contributed by atoms with Crippen molar-refractivity contribution in [2.75, 3.05) is 6.54 Å². The van der Waals surface area contributed by atoms with Gasteiger partial charge < -0.3 is 5.32 Å². The van der Waals surface area contributed by atoms with Gasteiger partial charge in [-0.05, 0) is 45.6 Å². The summed E-state index contributed by atoms with van der Waals surface area (Å²) in [5, 5.41) is 6.87. The normalized spacial score (nSPS) is 21.2. The zero-order chi connectivity index (χ0) is 11.4. The Bertz CT molecular complexity index is 341. The molecule has 2 nitrogen and oxygen atoms in total. The molecule has 1 aromatic rings. The van der Waals surface area contributed by atoms with Crippen molar-refractivity contribution in [1.82, 2.24) is 10.3 Å². The zero-order valence-electron chi connectivity index (χ0n) is 10.1. The van der Waals surface area contributed by atoms with Crippen molar-refractivity contribution in [2.45, 2.75) is 38.6 Å². The Morgan fingerprint density at radius 3 is 3.00 bits per heavy atom. The van der Waals surface area contributed by atoms with Gasteiger partial charge in [-0.2, -0.15) is 0 Å². The van der Waals surface area contributed by atoms with E-state index in [0.717, 1.165) is 12.5 Å². The molecule has 0 aromatic carbocycles. The lowest BCUT2D eigenvalue weighted by Gasteiger charge is -2.27. The van der Waals surface area contributed by atoms with Gasteiger partial charge in [-0.25, -0.2) is 4.98 Å². The molecule has 1 unspecified atom stereocenters. The predicted molar refractivity (Wildman–Crippen MR) is 69.6 cm³/mol. The lowest BCUT2D eigenvalue weighted by molar-refractivity contribution is 0.340. The fraction of sp³-hybridized carbons (Fsp3) is 0.615. The number of hydrogen-bond donors (Lipinski definition) is 1. The Kier molecular flexibility index (Phi) is 3.77. The highest BCUT2D eigenvalue weighted by Gasteiger charge is 2.23. The van der Waals surface area contributed by atoms with Crippen LogP contribution in [0, 0.1) is 5.92 Å². The van der Waals surface area contributed by atoms with Gasteiger partial charge in [-0.3, -0.25) is 0 Å². The molecule has 1 N–H and O–H groups in total. The van der Waals surface area contributed by atoms with Gasteiger partial charge in [0.2, 0.25) is 0 Å². The van der Waals surface area contributed by atoms with Crippen LogP contribution in [-0.2, 0) is 5.54 Å². The Hall–Kier alpha value is -0.670. The second kappa shape index (κ2) is 5.11. The van der Waals surface area contributed by atoms with Crippen LogP contribution in [-0.4, -0.2) is 11.5 Å². The summed E-state index contributed by atoms with van der Waals surface area (Å²) >= 11 is 1.73. The van der Waals surface area contributed by atoms with Gasteiger partial charge in [0, 0.05) is 11.6 Å². The first-order valence-electron chi connectivity index (χ1n) is 5.98. The number of thiazole rings is 1. The van der Waals surface area contributed by atoms with E-state index in [9.17, 15) is 0 Å². The quantitative estimate of drug-likeness (QED) is 0.811. The zero-order valence-corrected chi connectivity index (χ0v) is 10.9. The molecule has 0 aliphatic heterocycles. The van der Waals surface area contributed by atoms with Crippen molar-refractivity contribution >= 4 is 11.3 Å². The Labute approximate surface area is 102 Å². The Morgan fingerprint density at radius 1 is 1.50 bits per heavy atom. The molecule has 1 heterocycles. The molecular formula is C13H20N2S. The van der Waals surface area contributed by atoms with Crippen LogP contribution in [0.3, 0.4) is 0 Å². The van der Waals surface area contributed by atoms with Crippen molar-refractivity contribution in [3.05, 3.63) is 28.7 Å². The molecule has 0 spiro atoms. The summed E-state index contributed by atoms with van der Waals surface area (Å²) in [5.74, 6) is 0.796. The molecule has 0 fully saturated rings. The average Bonchev–Trinajstić information content (AvgIpc) is 2.82. The number of hydrogen-bond acceptors (Lipinski definition) is 3. The molecule has 1 aliphatic rings. The molecule has 0 amide bonds. The van der Waals surface area contributed by atoms with Crippen LogP contribution in [0.15, 0.2) is 23.7 Å². The van der Waals surface area contributed by atoms with Crippen molar-refractivity contribution < 1.29 is 0 Å². The first-order valence-corrected chi connectivity index (χ1v) is 6.86. The van der Waals surface area contributed by atoms with Gasteiger partial charge in [-0.15, -0.1) is 11.3 Å². The molecular weight excluding hydrogens is 216 g/mol. The summed E-state index contributed by atoms with van der Waals surface area (Å²) in [6, 6.07) is 0. The smallest absolute Gasteiger partial charge is 0.112 e. The van der Waals surface area contributed by atoms with Crippen LogP contribution < -0.4 is 5.32 Å². The highest BCUT2D eigenvalue weighted by molar-refractivity contribution is 7.09. The molecule has 0 saturated carbocycles. The maximum absolute atomic E-state index is 4.39. The van der Waals surface area contributed by atoms with E-state index in [1.807, 2.05) is 11.6 Å². The van der Waals surface area contributed by atoms with Gasteiger partial charge in [0.15, 0.2) is 0 Å². The molecule has 0 bridgehead atoms. The first kappa shape index (κ1) is 11.8. The standard InChI is InChI=1S/C13H20N2S/c1-13(2,12-14-8-9-16-12)15-10-11-6-4-3-5-7-11/h3-4,8-9,11,15H,5-7,10H2,1-2H3. The summed E-state index contributed by atoms with van der Waals surface area (Å²) in [6.07, 6.45) is 10.3. The number of allylic oxidation sites excluding steroid dienone is 2. The van der Waals surface area contributed by atoms with E-state index in [0.29, 0.717) is 0 Å². The lowest BCUT2D eigenvalue weighted by Crippen LogP contribution is -2.39. The van der Waals surface area contributed by atoms with Gasteiger partial charge in [0.05, 0.1) is 5.54 Å². The maximum Gasteiger partial charge on any atom is 0.112 e. The van der Waals surface area contributed by atoms with Crippen LogP contribution in [0.1, 0.15) is 38.1 Å². The number of aromatic nitrogens is 1. The van der Waals surface area contributed by atoms with Crippen molar-refractivity contribution in [2.24, 2.45) is 5.92 Å². The molecule has 0 saturated heterocycles. The predicted octanol–water partition coefficient (Wildman–Crippen LogP) is 3.32. The van der Waals surface area contributed by atoms with E-state index < -0.39 is 0 Å². The van der Waals surface area contributed by atoms with Crippen molar-refractivity contribution in [3.8, 4) is 0 Å². The lowest BCUT2D eigenvalue weighted by atomic mass is 9.93. The second-order valence-corrected chi connectivity index (χ2v) is 5.89. The molecule has 1 aliphatic carbocycles. The summed E-state index contributed by atoms with van der Waals surface area (Å²) in [7, 11) is 0. The van der Waals surface area contributed by atoms with E-state index in [4.69, 9.17) is 0 Å². The van der Waals surface area contributed by atoms with Crippen LogP contribution in [0.2, 0.25) is 0 Å². The number of nitrogens with zero attached hydrogens (tertiary/aromatic N) is 1. The Balaban J connectivity index is 1.87. The monoisotopic (exact) mass is 236 g/mol. The van der Waals surface area contributed by atoms with Gasteiger partial charge >= 0.3 is 0 Å². The third kappa shape index (κ3) is 2.92. The third-order valence-electron chi connectivity index (χ3n) is 3.18. The molecule has 2 rings (SSSR count). The van der Waals surface area contributed by atoms with E-state index in [1.54, 1.807) is 11.3 Å². The number of rotatable bonds is 4. The largest absolute Gasteiger partial charge is 0.306 e. The molecule has 1 atom stereocenters. The Morgan fingerprint density at radius 2 is 2.38 bits per heavy atom. The van der Waals surface area contributed by atoms with Crippen LogP contribution in [0.25, 0.3) is 0 Å². The molecule has 16 heavy (non-hydrogen) atoms. The van der Waals surface area contributed by atoms with Gasteiger partial charge in [0.1, 0.15) is 5.01 Å². The summed E-state index contributed by atoms with van der Waals surface area (Å²) in [5.41, 5.74) is 0.00925. The summed E-state index contributed by atoms with van der Waals surface area (Å²) < 4.78 is 0. The molecule has 88 valence electrons. The highest BCUT2D eigenvalue weighted by atomic mass is 32.1. The van der Waals surface area contributed by atoms with Crippen LogP contribution >= 0.6 is 11.3 Å². The highest BCUT2D eigenvalue weighted by Crippen LogP contribution is 2.24. The first-order chi connectivity index (χ1) is 7.68. The molecule has 3 heteroatoms. The third-order valence-corrected chi connectivity index (χ3v) is 4.27. The van der Waals surface area contributed by atoms with E-state index in [1.165, 1.54) is 24.3 Å². The number of nitrogens with one attached hydrogen (secondary N) is 1. The van der Waals surface area contributed by atoms with Crippen molar-refractivity contribution in [1.29, 1.82) is 0 Å². The summed E-state index contributed by atoms with van der Waals surface area (Å²) in [6.45, 7) is 5.52. The van der Waals surface area contributed by atoms with Crippen molar-refractivity contribution in [3.63, 3.8) is 0 Å².